The van der Waals surface area contributed by atoms with Crippen molar-refractivity contribution in [2.24, 2.45) is 16.8 Å². The first-order valence-corrected chi connectivity index (χ1v) is 7.72. The van der Waals surface area contributed by atoms with Crippen molar-refractivity contribution in [1.29, 1.82) is 0 Å². The topological polar surface area (TPSA) is 76.7 Å². The highest BCUT2D eigenvalue weighted by Crippen LogP contribution is 2.28. The average Bonchev–Trinajstić information content (AvgIpc) is 2.75. The highest BCUT2D eigenvalue weighted by molar-refractivity contribution is 7.80. The van der Waals surface area contributed by atoms with Gasteiger partial charge in [0.1, 0.15) is 6.10 Å². The van der Waals surface area contributed by atoms with Crippen LogP contribution in [0.4, 0.5) is 0 Å². The van der Waals surface area contributed by atoms with Crippen LogP contribution in [-0.2, 0) is 9.53 Å². The molecule has 2 unspecified atom stereocenters. The lowest BCUT2D eigenvalue weighted by Crippen LogP contribution is -2.25. The van der Waals surface area contributed by atoms with E-state index in [0.29, 0.717) is 0 Å². The van der Waals surface area contributed by atoms with Crippen molar-refractivity contribution in [2.75, 3.05) is 0 Å². The van der Waals surface area contributed by atoms with Gasteiger partial charge in [0.25, 0.3) is 0 Å². The molecule has 0 bridgehead atoms. The summed E-state index contributed by atoms with van der Waals surface area (Å²) in [6.07, 6.45) is 7.01. The fourth-order valence-electron chi connectivity index (χ4n) is 2.35. The van der Waals surface area contributed by atoms with Crippen molar-refractivity contribution in [3.05, 3.63) is 0 Å². The molecule has 20 heavy (non-hydrogen) atoms. The Morgan fingerprint density at radius 3 is 2.90 bits per heavy atom. The molecule has 0 spiro atoms. The van der Waals surface area contributed by atoms with Gasteiger partial charge in [-0.3, -0.25) is 10.2 Å². The summed E-state index contributed by atoms with van der Waals surface area (Å²) in [6, 6.07) is 0. The third-order valence-corrected chi connectivity index (χ3v) is 3.60. The lowest BCUT2D eigenvalue weighted by atomic mass is 9.96. The average molecular weight is 299 g/mol. The molecule has 1 fully saturated rings. The Kier molecular flexibility index (Phi) is 7.51. The smallest absolute Gasteiger partial charge is 0.309 e. The van der Waals surface area contributed by atoms with E-state index in [-0.39, 0.29) is 23.1 Å². The summed E-state index contributed by atoms with van der Waals surface area (Å²) in [6.45, 7) is 4.07. The van der Waals surface area contributed by atoms with Gasteiger partial charge in [-0.25, -0.2) is 0 Å². The summed E-state index contributed by atoms with van der Waals surface area (Å²) >= 11 is 4.68. The van der Waals surface area contributed by atoms with E-state index in [2.05, 4.69) is 29.7 Å². The van der Waals surface area contributed by atoms with Gasteiger partial charge in [0.2, 0.25) is 0 Å². The van der Waals surface area contributed by atoms with E-state index in [1.165, 1.54) is 12.8 Å². The number of hydrogen-bond donors (Lipinski definition) is 2. The molecule has 1 aliphatic heterocycles. The van der Waals surface area contributed by atoms with Crippen LogP contribution >= 0.6 is 12.2 Å². The molecule has 1 aliphatic rings. The van der Waals surface area contributed by atoms with Crippen LogP contribution in [0.15, 0.2) is 5.10 Å². The van der Waals surface area contributed by atoms with Crippen LogP contribution in [0.3, 0.4) is 0 Å². The van der Waals surface area contributed by atoms with Gasteiger partial charge < -0.3 is 10.5 Å². The number of rotatable bonds is 8. The van der Waals surface area contributed by atoms with Crippen molar-refractivity contribution in [3.8, 4) is 0 Å². The lowest BCUT2D eigenvalue weighted by molar-refractivity contribution is -0.144. The molecule has 0 aromatic rings. The van der Waals surface area contributed by atoms with Crippen LogP contribution in [0.2, 0.25) is 0 Å². The van der Waals surface area contributed by atoms with E-state index in [4.69, 9.17) is 10.5 Å². The zero-order chi connectivity index (χ0) is 15.0. The standard InChI is InChI=1S/C14H25N3O2S/c1-3-4-5-6-12-9-11(13(18)19-12)8-7-10(2)16-17-14(15)20/h11-12H,3-9H2,1-2H3,(H3,15,17,20). The number of nitrogens with one attached hydrogen (secondary N) is 1. The minimum atomic E-state index is -0.0541. The van der Waals surface area contributed by atoms with Crippen molar-refractivity contribution in [3.63, 3.8) is 0 Å². The first-order valence-electron chi connectivity index (χ1n) is 7.32. The van der Waals surface area contributed by atoms with Gasteiger partial charge in [0.15, 0.2) is 5.11 Å². The Morgan fingerprint density at radius 1 is 1.50 bits per heavy atom. The molecule has 2 atom stereocenters. The number of cyclic esters (lactones) is 1. The fraction of sp³-hybridized carbons (Fsp3) is 0.786. The quantitative estimate of drug-likeness (QED) is 0.237. The zero-order valence-electron chi connectivity index (χ0n) is 12.4. The van der Waals surface area contributed by atoms with Crippen molar-refractivity contribution in [1.82, 2.24) is 5.43 Å². The molecule has 1 saturated heterocycles. The first-order chi connectivity index (χ1) is 9.52. The van der Waals surface area contributed by atoms with Gasteiger partial charge in [-0.1, -0.05) is 19.8 Å². The SMILES string of the molecule is CCCCCC1CC(CCC(C)=NNC(N)=S)C(=O)O1. The van der Waals surface area contributed by atoms with Crippen molar-refractivity contribution < 1.29 is 9.53 Å². The maximum Gasteiger partial charge on any atom is 0.309 e. The summed E-state index contributed by atoms with van der Waals surface area (Å²) in [4.78, 5) is 11.8. The van der Waals surface area contributed by atoms with E-state index in [9.17, 15) is 4.79 Å². The minimum Gasteiger partial charge on any atom is -0.462 e. The molecule has 0 amide bonds. The molecular formula is C14H25N3O2S. The van der Waals surface area contributed by atoms with E-state index >= 15 is 0 Å². The molecule has 6 heteroatoms. The van der Waals surface area contributed by atoms with Crippen LogP contribution in [0.5, 0.6) is 0 Å². The molecule has 3 N–H and O–H groups in total. The van der Waals surface area contributed by atoms with E-state index < -0.39 is 0 Å². The zero-order valence-corrected chi connectivity index (χ0v) is 13.2. The first kappa shape index (κ1) is 16.9. The second kappa shape index (κ2) is 8.89. The van der Waals surface area contributed by atoms with Gasteiger partial charge in [-0.2, -0.15) is 5.10 Å². The summed E-state index contributed by atoms with van der Waals surface area (Å²) < 4.78 is 5.42. The van der Waals surface area contributed by atoms with Gasteiger partial charge in [-0.05, 0) is 51.2 Å². The highest BCUT2D eigenvalue weighted by atomic mass is 32.1. The Morgan fingerprint density at radius 2 is 2.25 bits per heavy atom. The van der Waals surface area contributed by atoms with Gasteiger partial charge in [-0.15, -0.1) is 0 Å². The molecule has 0 aromatic heterocycles. The maximum absolute atomic E-state index is 11.8. The van der Waals surface area contributed by atoms with Gasteiger partial charge in [0.05, 0.1) is 5.92 Å². The number of hydrogen-bond acceptors (Lipinski definition) is 4. The molecule has 5 nitrogen and oxygen atoms in total. The molecule has 1 heterocycles. The normalized spacial score (nSPS) is 22.7. The number of nitrogens with zero attached hydrogens (tertiary/aromatic N) is 1. The second-order valence-electron chi connectivity index (χ2n) is 5.35. The number of esters is 1. The monoisotopic (exact) mass is 299 g/mol. The number of carbonyl (C=O) groups is 1. The lowest BCUT2D eigenvalue weighted by Gasteiger charge is -2.07. The Hall–Kier alpha value is -1.17. The predicted molar refractivity (Wildman–Crippen MR) is 84.4 cm³/mol. The van der Waals surface area contributed by atoms with E-state index in [1.54, 1.807) is 0 Å². The molecule has 0 radical (unpaired) electrons. The van der Waals surface area contributed by atoms with Crippen LogP contribution in [0.25, 0.3) is 0 Å². The molecular weight excluding hydrogens is 274 g/mol. The fourth-order valence-corrected chi connectivity index (χ4v) is 2.39. The predicted octanol–water partition coefficient (Wildman–Crippen LogP) is 2.49. The number of thiocarbonyl (C=S) groups is 1. The van der Waals surface area contributed by atoms with Crippen LogP contribution in [0.1, 0.15) is 58.8 Å². The minimum absolute atomic E-state index is 0.0107. The largest absolute Gasteiger partial charge is 0.462 e. The molecule has 1 rings (SSSR count). The van der Waals surface area contributed by atoms with Crippen molar-refractivity contribution in [2.45, 2.75) is 64.9 Å². The van der Waals surface area contributed by atoms with E-state index in [1.807, 2.05) is 6.92 Å². The Balaban J connectivity index is 2.28. The summed E-state index contributed by atoms with van der Waals surface area (Å²) in [5, 5.41) is 4.19. The summed E-state index contributed by atoms with van der Waals surface area (Å²) in [5.74, 6) is -0.0433. The molecule has 0 saturated carbocycles. The number of ether oxygens (including phenoxy) is 1. The number of hydrazone groups is 1. The summed E-state index contributed by atoms with van der Waals surface area (Å²) in [7, 11) is 0. The Labute approximate surface area is 126 Å². The maximum atomic E-state index is 11.8. The van der Waals surface area contributed by atoms with Crippen LogP contribution < -0.4 is 11.2 Å². The van der Waals surface area contributed by atoms with Gasteiger partial charge in [0, 0.05) is 5.71 Å². The number of unbranched alkanes of at least 4 members (excludes halogenated alkanes) is 2. The summed E-state index contributed by atoms with van der Waals surface area (Å²) in [5.41, 5.74) is 8.74. The van der Waals surface area contributed by atoms with Crippen molar-refractivity contribution >= 4 is 29.0 Å². The number of carbonyl (C=O) groups excluding carboxylic acids is 1. The Bertz CT molecular complexity index is 371. The third-order valence-electron chi connectivity index (χ3n) is 3.50. The molecule has 0 aromatic carbocycles. The second-order valence-corrected chi connectivity index (χ2v) is 5.79. The third kappa shape index (κ3) is 6.32. The highest BCUT2D eigenvalue weighted by Gasteiger charge is 2.33. The van der Waals surface area contributed by atoms with Gasteiger partial charge >= 0.3 is 5.97 Å². The van der Waals surface area contributed by atoms with Crippen LogP contribution in [-0.4, -0.2) is 22.9 Å². The molecule has 114 valence electrons. The number of nitrogens with two attached hydrogens (primary N) is 1. The molecule has 0 aliphatic carbocycles. The van der Waals surface area contributed by atoms with Crippen LogP contribution in [0, 0.1) is 5.92 Å². The van der Waals surface area contributed by atoms with E-state index in [0.717, 1.165) is 37.8 Å².